The third-order valence-corrected chi connectivity index (χ3v) is 10.4. The number of anilines is 1. The Labute approximate surface area is 250 Å². The Morgan fingerprint density at radius 1 is 0.977 bits per heavy atom. The third kappa shape index (κ3) is 5.71. The molecule has 232 valence electrons. The molecule has 0 spiro atoms. The van der Waals surface area contributed by atoms with E-state index in [1.165, 1.54) is 29.2 Å². The SMILES string of the molecule is O=C(O)C1CCN(c2cc(F)ccc2[C@@H]2C[C@@H](CO)N(C(=O)[C@]3(F)CN(C4CCCC4)C[C@H]3c3ccc(O)cc3)C2)CC1. The quantitative estimate of drug-likeness (QED) is 0.438. The Morgan fingerprint density at radius 2 is 1.67 bits per heavy atom. The maximum Gasteiger partial charge on any atom is 0.306 e. The predicted octanol–water partition coefficient (Wildman–Crippen LogP) is 4.26. The molecule has 6 rings (SSSR count). The molecule has 3 heterocycles. The fourth-order valence-electron chi connectivity index (χ4n) is 8.00. The van der Waals surface area contributed by atoms with Crippen LogP contribution in [0.25, 0.3) is 0 Å². The van der Waals surface area contributed by atoms with E-state index < -0.39 is 41.2 Å². The van der Waals surface area contributed by atoms with Crippen molar-refractivity contribution in [1.29, 1.82) is 0 Å². The van der Waals surface area contributed by atoms with Gasteiger partial charge in [-0.3, -0.25) is 14.5 Å². The van der Waals surface area contributed by atoms with Crippen LogP contribution >= 0.6 is 0 Å². The van der Waals surface area contributed by atoms with Crippen LogP contribution in [0.5, 0.6) is 5.75 Å². The predicted molar refractivity (Wildman–Crippen MR) is 157 cm³/mol. The van der Waals surface area contributed by atoms with E-state index in [1.807, 2.05) is 4.90 Å². The van der Waals surface area contributed by atoms with E-state index in [-0.39, 0.29) is 37.4 Å². The number of alkyl halides is 1. The van der Waals surface area contributed by atoms with Gasteiger partial charge in [-0.05, 0) is 67.5 Å². The monoisotopic (exact) mass is 597 g/mol. The summed E-state index contributed by atoms with van der Waals surface area (Å²) >= 11 is 0. The van der Waals surface area contributed by atoms with Gasteiger partial charge in [-0.1, -0.05) is 31.0 Å². The molecule has 4 fully saturated rings. The first-order valence-corrected chi connectivity index (χ1v) is 15.6. The molecule has 8 nitrogen and oxygen atoms in total. The molecule has 43 heavy (non-hydrogen) atoms. The van der Waals surface area contributed by atoms with Crippen molar-refractivity contribution in [2.75, 3.05) is 44.2 Å². The molecular formula is C33H41F2N3O5. The van der Waals surface area contributed by atoms with Crippen LogP contribution < -0.4 is 4.90 Å². The molecule has 0 radical (unpaired) electrons. The highest BCUT2D eigenvalue weighted by Gasteiger charge is 2.58. The van der Waals surface area contributed by atoms with Crippen LogP contribution in [-0.4, -0.2) is 94.1 Å². The second kappa shape index (κ2) is 12.0. The Kier molecular flexibility index (Phi) is 8.35. The molecule has 2 aromatic carbocycles. The maximum atomic E-state index is 17.4. The number of hydrogen-bond donors (Lipinski definition) is 3. The van der Waals surface area contributed by atoms with Gasteiger partial charge in [0.2, 0.25) is 5.67 Å². The summed E-state index contributed by atoms with van der Waals surface area (Å²) in [5.41, 5.74) is -0.0429. The van der Waals surface area contributed by atoms with Gasteiger partial charge in [-0.15, -0.1) is 0 Å². The summed E-state index contributed by atoms with van der Waals surface area (Å²) < 4.78 is 31.9. The van der Waals surface area contributed by atoms with Crippen LogP contribution in [0.15, 0.2) is 42.5 Å². The van der Waals surface area contributed by atoms with Gasteiger partial charge in [0.05, 0.1) is 18.6 Å². The van der Waals surface area contributed by atoms with Gasteiger partial charge in [0.15, 0.2) is 0 Å². The number of likely N-dealkylation sites (tertiary alicyclic amines) is 2. The summed E-state index contributed by atoms with van der Waals surface area (Å²) in [6, 6.07) is 10.6. The van der Waals surface area contributed by atoms with E-state index >= 15 is 4.39 Å². The summed E-state index contributed by atoms with van der Waals surface area (Å²) in [5.74, 6) is -3.15. The summed E-state index contributed by atoms with van der Waals surface area (Å²) in [6.07, 6.45) is 5.47. The lowest BCUT2D eigenvalue weighted by Gasteiger charge is -2.34. The number of rotatable bonds is 7. The van der Waals surface area contributed by atoms with Gasteiger partial charge < -0.3 is 25.1 Å². The molecule has 10 heteroatoms. The molecule has 0 unspecified atom stereocenters. The molecular weight excluding hydrogens is 556 g/mol. The van der Waals surface area contributed by atoms with E-state index in [0.29, 0.717) is 50.1 Å². The van der Waals surface area contributed by atoms with Gasteiger partial charge in [0, 0.05) is 56.3 Å². The van der Waals surface area contributed by atoms with E-state index in [2.05, 4.69) is 4.90 Å². The third-order valence-electron chi connectivity index (χ3n) is 10.4. The summed E-state index contributed by atoms with van der Waals surface area (Å²) in [5, 5.41) is 29.6. The zero-order valence-corrected chi connectivity index (χ0v) is 24.4. The number of piperidine rings is 1. The zero-order chi connectivity index (χ0) is 30.3. The van der Waals surface area contributed by atoms with Gasteiger partial charge in [0.1, 0.15) is 11.6 Å². The second-order valence-electron chi connectivity index (χ2n) is 12.9. The number of benzene rings is 2. The molecule has 1 saturated carbocycles. The normalized spacial score (nSPS) is 29.0. The van der Waals surface area contributed by atoms with Crippen LogP contribution in [0.2, 0.25) is 0 Å². The molecule has 2 aromatic rings. The first kappa shape index (κ1) is 29.8. The molecule has 4 aliphatic rings. The highest BCUT2D eigenvalue weighted by molar-refractivity contribution is 5.88. The Hall–Kier alpha value is -3.24. The van der Waals surface area contributed by atoms with Crippen LogP contribution in [-0.2, 0) is 9.59 Å². The van der Waals surface area contributed by atoms with E-state index in [4.69, 9.17) is 0 Å². The highest BCUT2D eigenvalue weighted by atomic mass is 19.1. The van der Waals surface area contributed by atoms with Crippen molar-refractivity contribution in [2.45, 2.75) is 74.5 Å². The molecule has 3 aliphatic heterocycles. The fourth-order valence-corrected chi connectivity index (χ4v) is 8.00. The molecule has 1 amide bonds. The smallest absolute Gasteiger partial charge is 0.306 e. The maximum absolute atomic E-state index is 17.4. The van der Waals surface area contributed by atoms with Crippen molar-refractivity contribution in [2.24, 2.45) is 5.92 Å². The first-order chi connectivity index (χ1) is 20.7. The van der Waals surface area contributed by atoms with Crippen molar-refractivity contribution in [3.63, 3.8) is 0 Å². The van der Waals surface area contributed by atoms with Crippen LogP contribution in [0.1, 0.15) is 67.9 Å². The number of aromatic hydroxyl groups is 1. The van der Waals surface area contributed by atoms with Crippen LogP contribution in [0, 0.1) is 11.7 Å². The van der Waals surface area contributed by atoms with Gasteiger partial charge in [0.25, 0.3) is 5.91 Å². The number of phenols is 1. The minimum atomic E-state index is -2.20. The average molecular weight is 598 g/mol. The number of aliphatic carboxylic acids is 1. The van der Waals surface area contributed by atoms with Crippen LogP contribution in [0.4, 0.5) is 14.5 Å². The van der Waals surface area contributed by atoms with E-state index in [9.17, 15) is 29.3 Å². The topological polar surface area (TPSA) is 105 Å². The van der Waals surface area contributed by atoms with Crippen molar-refractivity contribution in [3.05, 3.63) is 59.4 Å². The lowest BCUT2D eigenvalue weighted by atomic mass is 9.85. The summed E-state index contributed by atoms with van der Waals surface area (Å²) in [6.45, 7) is 1.24. The Balaban J connectivity index is 1.27. The average Bonchev–Trinajstić information content (AvgIpc) is 3.77. The zero-order valence-electron chi connectivity index (χ0n) is 24.4. The van der Waals surface area contributed by atoms with Crippen molar-refractivity contribution >= 4 is 17.6 Å². The molecule has 4 atom stereocenters. The standard InChI is InChI=1S/C33H41F2N3O5/c34-24-7-10-28(30(16-24)36-13-11-22(12-14-36)31(41)42)23-15-26(19-39)38(17-23)32(43)33(35)20-37(25-3-1-2-4-25)18-29(33)21-5-8-27(40)9-6-21/h5-10,16,22-23,25-26,29,39-40H,1-4,11-15,17-20H2,(H,41,42)/t23-,26+,29+,33+/m1/s1. The Bertz CT molecular complexity index is 1330. The van der Waals surface area contributed by atoms with Gasteiger partial charge in [-0.25, -0.2) is 8.78 Å². The largest absolute Gasteiger partial charge is 0.508 e. The van der Waals surface area contributed by atoms with Crippen molar-refractivity contribution < 1.29 is 33.7 Å². The van der Waals surface area contributed by atoms with Crippen LogP contribution in [0.3, 0.4) is 0 Å². The Morgan fingerprint density at radius 3 is 2.33 bits per heavy atom. The number of carbonyl (C=O) groups excluding carboxylic acids is 1. The number of halogens is 2. The second-order valence-corrected chi connectivity index (χ2v) is 12.9. The summed E-state index contributed by atoms with van der Waals surface area (Å²) in [4.78, 5) is 31.4. The summed E-state index contributed by atoms with van der Waals surface area (Å²) in [7, 11) is 0. The van der Waals surface area contributed by atoms with E-state index in [1.54, 1.807) is 18.2 Å². The van der Waals surface area contributed by atoms with Gasteiger partial charge in [-0.2, -0.15) is 0 Å². The number of carbonyl (C=O) groups is 2. The number of carboxylic acids is 1. The lowest BCUT2D eigenvalue weighted by molar-refractivity contribution is -0.146. The molecule has 3 saturated heterocycles. The fraction of sp³-hybridized carbons (Fsp3) is 0.576. The molecule has 1 aliphatic carbocycles. The number of aliphatic hydroxyl groups is 1. The van der Waals surface area contributed by atoms with Crippen molar-refractivity contribution in [1.82, 2.24) is 9.80 Å². The number of amides is 1. The number of nitrogens with zero attached hydrogens (tertiary/aromatic N) is 3. The lowest BCUT2D eigenvalue weighted by Crippen LogP contribution is -2.53. The minimum Gasteiger partial charge on any atom is -0.508 e. The van der Waals surface area contributed by atoms with Gasteiger partial charge >= 0.3 is 5.97 Å². The number of phenolic OH excluding ortho intramolecular Hbond substituents is 1. The first-order valence-electron chi connectivity index (χ1n) is 15.6. The van der Waals surface area contributed by atoms with Crippen molar-refractivity contribution in [3.8, 4) is 5.75 Å². The molecule has 3 N–H and O–H groups in total. The number of carboxylic acid groups (broad SMARTS) is 1. The number of aliphatic hydroxyl groups excluding tert-OH is 1. The molecule has 0 aromatic heterocycles. The van der Waals surface area contributed by atoms with E-state index in [0.717, 1.165) is 31.2 Å². The highest BCUT2D eigenvalue weighted by Crippen LogP contribution is 2.46. The number of hydrogen-bond acceptors (Lipinski definition) is 6. The molecule has 0 bridgehead atoms. The minimum absolute atomic E-state index is 0.0122.